The topological polar surface area (TPSA) is 21.3 Å². The molecule has 2 nitrogen and oxygen atoms in total. The fourth-order valence-electron chi connectivity index (χ4n) is 2.48. The van der Waals surface area contributed by atoms with Crippen molar-refractivity contribution in [3.63, 3.8) is 0 Å². The molecular formula is C13H19NO. The quantitative estimate of drug-likeness (QED) is 0.801. The van der Waals surface area contributed by atoms with Gasteiger partial charge in [-0.25, -0.2) is 0 Å². The van der Waals surface area contributed by atoms with Gasteiger partial charge in [0.05, 0.1) is 7.11 Å². The lowest BCUT2D eigenvalue weighted by molar-refractivity contribution is 0.402. The van der Waals surface area contributed by atoms with Crippen LogP contribution in [0.5, 0.6) is 5.75 Å². The standard InChI is InChI=1S/C13H19NO/c1-4-12-9(2)14-8-10-7-11(15-3)5-6-13(10)12/h5-7,9,12,14H,4,8H2,1-3H3. The zero-order chi connectivity index (χ0) is 10.8. The molecule has 0 fully saturated rings. The van der Waals surface area contributed by atoms with Crippen LogP contribution in [-0.2, 0) is 6.54 Å². The van der Waals surface area contributed by atoms with Gasteiger partial charge in [0, 0.05) is 12.6 Å². The molecule has 1 heterocycles. The average Bonchev–Trinajstić information content (AvgIpc) is 2.28. The molecule has 1 aromatic carbocycles. The SMILES string of the molecule is CCC1c2ccc(OC)cc2CNC1C. The molecule has 2 unspecified atom stereocenters. The Morgan fingerprint density at radius 2 is 2.27 bits per heavy atom. The molecular weight excluding hydrogens is 186 g/mol. The zero-order valence-corrected chi connectivity index (χ0v) is 9.71. The first-order chi connectivity index (χ1) is 7.26. The zero-order valence-electron chi connectivity index (χ0n) is 9.71. The molecule has 1 aliphatic rings. The highest BCUT2D eigenvalue weighted by atomic mass is 16.5. The van der Waals surface area contributed by atoms with E-state index in [-0.39, 0.29) is 0 Å². The highest BCUT2D eigenvalue weighted by Gasteiger charge is 2.24. The van der Waals surface area contributed by atoms with Crippen LogP contribution in [0.3, 0.4) is 0 Å². The van der Waals surface area contributed by atoms with E-state index < -0.39 is 0 Å². The Bertz CT molecular complexity index is 348. The average molecular weight is 205 g/mol. The lowest BCUT2D eigenvalue weighted by Crippen LogP contribution is -2.36. The predicted molar refractivity (Wildman–Crippen MR) is 62.3 cm³/mol. The van der Waals surface area contributed by atoms with Crippen LogP contribution in [-0.4, -0.2) is 13.2 Å². The Kier molecular flexibility index (Phi) is 2.96. The first kappa shape index (κ1) is 10.5. The van der Waals surface area contributed by atoms with E-state index in [0.29, 0.717) is 12.0 Å². The summed E-state index contributed by atoms with van der Waals surface area (Å²) in [4.78, 5) is 0. The summed E-state index contributed by atoms with van der Waals surface area (Å²) in [5, 5.41) is 3.53. The number of hydrogen-bond donors (Lipinski definition) is 1. The van der Waals surface area contributed by atoms with Gasteiger partial charge in [-0.2, -0.15) is 0 Å². The van der Waals surface area contributed by atoms with Crippen molar-refractivity contribution in [2.45, 2.75) is 38.8 Å². The van der Waals surface area contributed by atoms with E-state index in [1.807, 2.05) is 0 Å². The molecule has 82 valence electrons. The number of hydrogen-bond acceptors (Lipinski definition) is 2. The predicted octanol–water partition coefficient (Wildman–Crippen LogP) is 2.68. The Morgan fingerprint density at radius 3 is 2.93 bits per heavy atom. The third-order valence-electron chi connectivity index (χ3n) is 3.41. The Balaban J connectivity index is 2.38. The number of fused-ring (bicyclic) bond motifs is 1. The van der Waals surface area contributed by atoms with E-state index >= 15 is 0 Å². The fraction of sp³-hybridized carbons (Fsp3) is 0.538. The van der Waals surface area contributed by atoms with Gasteiger partial charge in [-0.3, -0.25) is 0 Å². The van der Waals surface area contributed by atoms with E-state index in [4.69, 9.17) is 4.74 Å². The van der Waals surface area contributed by atoms with Gasteiger partial charge >= 0.3 is 0 Å². The Morgan fingerprint density at radius 1 is 1.47 bits per heavy atom. The van der Waals surface area contributed by atoms with E-state index in [0.717, 1.165) is 12.3 Å². The van der Waals surface area contributed by atoms with Crippen LogP contribution in [0.4, 0.5) is 0 Å². The third-order valence-corrected chi connectivity index (χ3v) is 3.41. The molecule has 0 saturated carbocycles. The maximum absolute atomic E-state index is 5.25. The number of nitrogens with one attached hydrogen (secondary N) is 1. The number of ether oxygens (including phenoxy) is 1. The third kappa shape index (κ3) is 1.86. The number of benzene rings is 1. The normalized spacial score (nSPS) is 24.7. The van der Waals surface area contributed by atoms with Crippen LogP contribution in [0.15, 0.2) is 18.2 Å². The molecule has 0 aliphatic carbocycles. The van der Waals surface area contributed by atoms with Gasteiger partial charge in [0.15, 0.2) is 0 Å². The summed E-state index contributed by atoms with van der Waals surface area (Å²) in [5.41, 5.74) is 2.88. The smallest absolute Gasteiger partial charge is 0.119 e. The molecule has 0 radical (unpaired) electrons. The largest absolute Gasteiger partial charge is 0.497 e. The molecule has 1 aromatic rings. The van der Waals surface area contributed by atoms with Crippen molar-refractivity contribution in [1.29, 1.82) is 0 Å². The summed E-state index contributed by atoms with van der Waals surface area (Å²) < 4.78 is 5.25. The van der Waals surface area contributed by atoms with Crippen molar-refractivity contribution in [3.8, 4) is 5.75 Å². The lowest BCUT2D eigenvalue weighted by Gasteiger charge is -2.32. The van der Waals surface area contributed by atoms with Crippen LogP contribution < -0.4 is 10.1 Å². The molecule has 15 heavy (non-hydrogen) atoms. The minimum atomic E-state index is 0.580. The first-order valence-corrected chi connectivity index (χ1v) is 5.66. The summed E-state index contributed by atoms with van der Waals surface area (Å²) in [5.74, 6) is 1.60. The molecule has 0 bridgehead atoms. The fourth-order valence-corrected chi connectivity index (χ4v) is 2.48. The number of methoxy groups -OCH3 is 1. The van der Waals surface area contributed by atoms with Crippen LogP contribution >= 0.6 is 0 Å². The van der Waals surface area contributed by atoms with Crippen LogP contribution in [0.2, 0.25) is 0 Å². The minimum Gasteiger partial charge on any atom is -0.497 e. The van der Waals surface area contributed by atoms with Gasteiger partial charge in [0.1, 0.15) is 5.75 Å². The van der Waals surface area contributed by atoms with Crippen molar-refractivity contribution in [3.05, 3.63) is 29.3 Å². The van der Waals surface area contributed by atoms with E-state index in [1.165, 1.54) is 17.5 Å². The second kappa shape index (κ2) is 4.23. The highest BCUT2D eigenvalue weighted by Crippen LogP contribution is 2.32. The molecule has 0 amide bonds. The van der Waals surface area contributed by atoms with Crippen LogP contribution in [0.25, 0.3) is 0 Å². The van der Waals surface area contributed by atoms with Crippen LogP contribution in [0, 0.1) is 0 Å². The summed E-state index contributed by atoms with van der Waals surface area (Å²) in [6.07, 6.45) is 1.19. The Labute approximate surface area is 91.6 Å². The molecule has 1 aliphatic heterocycles. The Hall–Kier alpha value is -1.02. The molecule has 0 spiro atoms. The lowest BCUT2D eigenvalue weighted by atomic mass is 9.84. The van der Waals surface area contributed by atoms with Crippen molar-refractivity contribution in [2.75, 3.05) is 7.11 Å². The van der Waals surface area contributed by atoms with Crippen molar-refractivity contribution in [1.82, 2.24) is 5.32 Å². The molecule has 1 N–H and O–H groups in total. The summed E-state index contributed by atoms with van der Waals surface area (Å²) >= 11 is 0. The van der Waals surface area contributed by atoms with E-state index in [2.05, 4.69) is 37.4 Å². The summed E-state index contributed by atoms with van der Waals surface area (Å²) in [6.45, 7) is 5.48. The molecule has 2 rings (SSSR count). The second-order valence-electron chi connectivity index (χ2n) is 4.25. The van der Waals surface area contributed by atoms with Gasteiger partial charge < -0.3 is 10.1 Å². The minimum absolute atomic E-state index is 0.580. The highest BCUT2D eigenvalue weighted by molar-refractivity contribution is 5.39. The molecule has 2 atom stereocenters. The van der Waals surface area contributed by atoms with Crippen molar-refractivity contribution in [2.24, 2.45) is 0 Å². The summed E-state index contributed by atoms with van der Waals surface area (Å²) in [6, 6.07) is 7.02. The first-order valence-electron chi connectivity index (χ1n) is 5.66. The van der Waals surface area contributed by atoms with Gasteiger partial charge in [-0.05, 0) is 42.5 Å². The summed E-state index contributed by atoms with van der Waals surface area (Å²) in [7, 11) is 1.72. The van der Waals surface area contributed by atoms with Gasteiger partial charge in [0.25, 0.3) is 0 Å². The van der Waals surface area contributed by atoms with Crippen molar-refractivity contribution >= 4 is 0 Å². The molecule has 0 saturated heterocycles. The number of rotatable bonds is 2. The maximum Gasteiger partial charge on any atom is 0.119 e. The second-order valence-corrected chi connectivity index (χ2v) is 4.25. The monoisotopic (exact) mass is 205 g/mol. The van der Waals surface area contributed by atoms with E-state index in [9.17, 15) is 0 Å². The maximum atomic E-state index is 5.25. The molecule has 0 aromatic heterocycles. The molecule has 2 heteroatoms. The van der Waals surface area contributed by atoms with Gasteiger partial charge in [-0.1, -0.05) is 13.0 Å². The van der Waals surface area contributed by atoms with Gasteiger partial charge in [-0.15, -0.1) is 0 Å². The van der Waals surface area contributed by atoms with Crippen LogP contribution in [0.1, 0.15) is 37.3 Å². The van der Waals surface area contributed by atoms with Gasteiger partial charge in [0.2, 0.25) is 0 Å². The van der Waals surface area contributed by atoms with Crippen molar-refractivity contribution < 1.29 is 4.74 Å². The van der Waals surface area contributed by atoms with E-state index in [1.54, 1.807) is 7.11 Å².